The highest BCUT2D eigenvalue weighted by molar-refractivity contribution is 5.96. The van der Waals surface area contributed by atoms with Gasteiger partial charge in [-0.1, -0.05) is 37.3 Å². The normalized spacial score (nSPS) is 22.7. The molecule has 34 heavy (non-hydrogen) atoms. The Morgan fingerprint density at radius 2 is 2.03 bits per heavy atom. The van der Waals surface area contributed by atoms with Gasteiger partial charge in [0.1, 0.15) is 23.5 Å². The third kappa shape index (κ3) is 4.08. The number of nitrogens with zero attached hydrogens (tertiary/aromatic N) is 5. The number of aromatic nitrogens is 3. The molecule has 5 rings (SSSR count). The standard InChI is InChI=1S/C25H29FN8/c1-4-25(27)20-14-33(3)13-19(17-8-6-5-7-9-17)23(20)30-24(31-25)29-18-10-11-22(21(26)12-18)34-15-28-16(2)32-34/h5-12,15,19H,4,13-14,27H2,1-3H3,(H2,29,30,31). The zero-order valence-electron chi connectivity index (χ0n) is 19.6. The summed E-state index contributed by atoms with van der Waals surface area (Å²) in [5.74, 6) is 0.808. The first kappa shape index (κ1) is 22.2. The summed E-state index contributed by atoms with van der Waals surface area (Å²) in [7, 11) is 2.11. The van der Waals surface area contributed by atoms with Crippen LogP contribution in [0.4, 0.5) is 10.1 Å². The van der Waals surface area contributed by atoms with E-state index in [1.165, 1.54) is 22.6 Å². The van der Waals surface area contributed by atoms with Gasteiger partial charge >= 0.3 is 0 Å². The van der Waals surface area contributed by atoms with E-state index >= 15 is 0 Å². The number of aryl methyl sites for hydroxylation is 1. The zero-order valence-corrected chi connectivity index (χ0v) is 19.6. The lowest BCUT2D eigenvalue weighted by atomic mass is 9.82. The minimum absolute atomic E-state index is 0.131. The molecule has 2 atom stereocenters. The lowest BCUT2D eigenvalue weighted by molar-refractivity contribution is 0.289. The molecule has 0 saturated carbocycles. The number of anilines is 1. The number of rotatable bonds is 4. The summed E-state index contributed by atoms with van der Waals surface area (Å²) in [6.07, 6.45) is 2.14. The topological polar surface area (TPSA) is 96.4 Å². The molecule has 0 fully saturated rings. The van der Waals surface area contributed by atoms with E-state index in [-0.39, 0.29) is 5.92 Å². The highest BCUT2D eigenvalue weighted by Crippen LogP contribution is 2.37. The molecule has 2 aliphatic heterocycles. The monoisotopic (exact) mass is 460 g/mol. The fraction of sp³-hybridized carbons (Fsp3) is 0.320. The Kier molecular flexibility index (Phi) is 5.66. The second-order valence-corrected chi connectivity index (χ2v) is 8.94. The average molecular weight is 461 g/mol. The van der Waals surface area contributed by atoms with Crippen molar-refractivity contribution in [3.05, 3.63) is 83.3 Å². The van der Waals surface area contributed by atoms with Crippen LogP contribution < -0.4 is 16.4 Å². The molecule has 8 nitrogen and oxygen atoms in total. The van der Waals surface area contributed by atoms with Crippen LogP contribution in [0.15, 0.2) is 71.1 Å². The molecular formula is C25H29FN8. The van der Waals surface area contributed by atoms with Crippen molar-refractivity contribution in [1.82, 2.24) is 25.0 Å². The molecule has 2 aliphatic rings. The van der Waals surface area contributed by atoms with Gasteiger partial charge in [0.25, 0.3) is 0 Å². The third-order valence-electron chi connectivity index (χ3n) is 6.49. The number of nitrogens with two attached hydrogens (primary N) is 1. The second kappa shape index (κ2) is 8.66. The maximum Gasteiger partial charge on any atom is 0.202 e. The van der Waals surface area contributed by atoms with Gasteiger partial charge in [-0.25, -0.2) is 19.0 Å². The summed E-state index contributed by atoms with van der Waals surface area (Å²) < 4.78 is 16.3. The van der Waals surface area contributed by atoms with Crippen LogP contribution in [0.5, 0.6) is 0 Å². The maximum absolute atomic E-state index is 14.9. The van der Waals surface area contributed by atoms with Gasteiger partial charge in [0.05, 0.1) is 0 Å². The molecule has 0 saturated heterocycles. The predicted molar refractivity (Wildman–Crippen MR) is 131 cm³/mol. The molecule has 0 aliphatic carbocycles. The molecule has 2 unspecified atom stereocenters. The first-order valence-corrected chi connectivity index (χ1v) is 11.4. The number of aliphatic imine (C=N–C) groups is 1. The van der Waals surface area contributed by atoms with Crippen molar-refractivity contribution >= 4 is 11.6 Å². The molecule has 0 amide bonds. The minimum atomic E-state index is -0.846. The Bertz CT molecular complexity index is 1260. The number of likely N-dealkylation sites (N-methyl/N-ethyl adjacent to an activating group) is 1. The van der Waals surface area contributed by atoms with Crippen LogP contribution in [0.3, 0.4) is 0 Å². The highest BCUT2D eigenvalue weighted by atomic mass is 19.1. The Morgan fingerprint density at radius 3 is 2.71 bits per heavy atom. The Hall–Kier alpha value is -3.56. The molecule has 0 bridgehead atoms. The fourth-order valence-electron chi connectivity index (χ4n) is 4.67. The SMILES string of the molecule is CCC1(N)N=C(Nc2ccc(-n3cnc(C)n3)c(F)c2)NC2=C1CN(C)CC2c1ccccc1. The van der Waals surface area contributed by atoms with Crippen LogP contribution in [-0.2, 0) is 0 Å². The molecule has 4 N–H and O–H groups in total. The van der Waals surface area contributed by atoms with Crippen molar-refractivity contribution in [2.45, 2.75) is 31.8 Å². The predicted octanol–water partition coefficient (Wildman–Crippen LogP) is 3.13. The summed E-state index contributed by atoms with van der Waals surface area (Å²) in [5, 5.41) is 10.9. The summed E-state index contributed by atoms with van der Waals surface area (Å²) in [5.41, 5.74) is 10.3. The van der Waals surface area contributed by atoms with Gasteiger partial charge in [-0.3, -0.25) is 0 Å². The van der Waals surface area contributed by atoms with E-state index in [2.05, 4.69) is 56.9 Å². The maximum atomic E-state index is 14.9. The van der Waals surface area contributed by atoms with Crippen LogP contribution in [0.2, 0.25) is 0 Å². The molecule has 2 aromatic carbocycles. The molecule has 1 aromatic heterocycles. The summed E-state index contributed by atoms with van der Waals surface area (Å²) in [6, 6.07) is 15.3. The van der Waals surface area contributed by atoms with Crippen LogP contribution in [0.1, 0.15) is 30.7 Å². The summed E-state index contributed by atoms with van der Waals surface area (Å²) >= 11 is 0. The molecule has 3 heterocycles. The van der Waals surface area contributed by atoms with E-state index in [9.17, 15) is 4.39 Å². The van der Waals surface area contributed by atoms with Crippen molar-refractivity contribution in [2.75, 3.05) is 25.5 Å². The Morgan fingerprint density at radius 1 is 1.24 bits per heavy atom. The highest BCUT2D eigenvalue weighted by Gasteiger charge is 2.40. The van der Waals surface area contributed by atoms with Gasteiger partial charge < -0.3 is 21.3 Å². The van der Waals surface area contributed by atoms with Crippen LogP contribution >= 0.6 is 0 Å². The number of benzene rings is 2. The van der Waals surface area contributed by atoms with E-state index in [1.54, 1.807) is 19.1 Å². The van der Waals surface area contributed by atoms with Crippen molar-refractivity contribution in [2.24, 2.45) is 10.7 Å². The molecule has 3 aromatic rings. The van der Waals surface area contributed by atoms with Crippen molar-refractivity contribution in [3.63, 3.8) is 0 Å². The number of hydrogen-bond acceptors (Lipinski definition) is 7. The smallest absolute Gasteiger partial charge is 0.202 e. The van der Waals surface area contributed by atoms with Gasteiger partial charge in [0.15, 0.2) is 5.82 Å². The lowest BCUT2D eigenvalue weighted by Gasteiger charge is -2.43. The molecule has 9 heteroatoms. The van der Waals surface area contributed by atoms with Crippen molar-refractivity contribution < 1.29 is 4.39 Å². The van der Waals surface area contributed by atoms with Crippen LogP contribution in [-0.4, -0.2) is 51.4 Å². The van der Waals surface area contributed by atoms with E-state index in [0.717, 1.165) is 24.4 Å². The van der Waals surface area contributed by atoms with Crippen molar-refractivity contribution in [1.29, 1.82) is 0 Å². The summed E-state index contributed by atoms with van der Waals surface area (Å²) in [4.78, 5) is 11.2. The number of halogens is 1. The first-order valence-electron chi connectivity index (χ1n) is 11.4. The van der Waals surface area contributed by atoms with E-state index in [4.69, 9.17) is 10.7 Å². The molecule has 176 valence electrons. The van der Waals surface area contributed by atoms with E-state index in [0.29, 0.717) is 29.6 Å². The van der Waals surface area contributed by atoms with E-state index in [1.807, 2.05) is 13.0 Å². The second-order valence-electron chi connectivity index (χ2n) is 8.94. The Labute approximate surface area is 198 Å². The van der Waals surface area contributed by atoms with E-state index < -0.39 is 11.5 Å². The quantitative estimate of drug-likeness (QED) is 0.554. The largest absolute Gasteiger partial charge is 0.329 e. The molecule has 0 radical (unpaired) electrons. The first-order chi connectivity index (χ1) is 16.4. The fourth-order valence-corrected chi connectivity index (χ4v) is 4.67. The molecule has 0 spiro atoms. The van der Waals surface area contributed by atoms with Gasteiger partial charge in [0, 0.05) is 36.0 Å². The van der Waals surface area contributed by atoms with Gasteiger partial charge in [0.2, 0.25) is 5.96 Å². The number of nitrogens with one attached hydrogen (secondary N) is 2. The zero-order chi connectivity index (χ0) is 23.9. The van der Waals surface area contributed by atoms with Crippen LogP contribution in [0, 0.1) is 12.7 Å². The molecular weight excluding hydrogens is 431 g/mol. The number of guanidine groups is 1. The summed E-state index contributed by atoms with van der Waals surface area (Å²) in [6.45, 7) is 5.41. The Balaban J connectivity index is 1.46. The third-order valence-corrected chi connectivity index (χ3v) is 6.49. The van der Waals surface area contributed by atoms with Gasteiger partial charge in [-0.15, -0.1) is 0 Å². The number of hydrogen-bond donors (Lipinski definition) is 3. The minimum Gasteiger partial charge on any atom is -0.329 e. The average Bonchev–Trinajstić information content (AvgIpc) is 3.26. The van der Waals surface area contributed by atoms with Crippen LogP contribution in [0.25, 0.3) is 5.69 Å². The lowest BCUT2D eigenvalue weighted by Crippen LogP contribution is -2.55. The van der Waals surface area contributed by atoms with Gasteiger partial charge in [-0.05, 0) is 44.2 Å². The van der Waals surface area contributed by atoms with Gasteiger partial charge in [-0.2, -0.15) is 5.10 Å². The van der Waals surface area contributed by atoms with Crippen molar-refractivity contribution in [3.8, 4) is 5.69 Å².